The van der Waals surface area contributed by atoms with Crippen LogP contribution in [0.15, 0.2) is 47.5 Å². The molecule has 1 aromatic carbocycles. The van der Waals surface area contributed by atoms with Gasteiger partial charge in [-0.3, -0.25) is 10.1 Å². The summed E-state index contributed by atoms with van der Waals surface area (Å²) in [4.78, 5) is 21.9. The number of hydrogen-bond donors (Lipinski definition) is 2. The van der Waals surface area contributed by atoms with Crippen LogP contribution in [0.25, 0.3) is 11.3 Å². The number of benzene rings is 1. The number of hydrogen-bond acceptors (Lipinski definition) is 6. The molecule has 1 amide bonds. The lowest BCUT2D eigenvalue weighted by atomic mass is 9.97. The molecule has 1 aliphatic rings. The van der Waals surface area contributed by atoms with E-state index in [1.165, 1.54) is 11.3 Å². The van der Waals surface area contributed by atoms with Crippen molar-refractivity contribution in [3.8, 4) is 11.3 Å². The number of thiazole rings is 1. The van der Waals surface area contributed by atoms with Gasteiger partial charge in [0.05, 0.1) is 6.20 Å². The monoisotopic (exact) mass is 354 g/mol. The normalized spacial score (nSPS) is 15.2. The molecule has 0 aliphatic carbocycles. The fourth-order valence-electron chi connectivity index (χ4n) is 2.95. The van der Waals surface area contributed by atoms with Gasteiger partial charge in [-0.25, -0.2) is 9.97 Å². The molecular formula is C18H18N4O2S. The Bertz CT molecular complexity index is 836. The van der Waals surface area contributed by atoms with E-state index in [9.17, 15) is 4.79 Å². The van der Waals surface area contributed by atoms with Gasteiger partial charge in [0.2, 0.25) is 0 Å². The first-order valence-electron chi connectivity index (χ1n) is 8.26. The van der Waals surface area contributed by atoms with Crippen LogP contribution in [0.3, 0.4) is 0 Å². The fraction of sp³-hybridized carbons (Fsp3) is 0.278. The molecule has 3 heterocycles. The Morgan fingerprint density at radius 1 is 1.20 bits per heavy atom. The second kappa shape index (κ2) is 7.16. The molecule has 3 aromatic rings. The molecular weight excluding hydrogens is 336 g/mol. The van der Waals surface area contributed by atoms with Crippen molar-refractivity contribution in [3.63, 3.8) is 0 Å². The third-order valence-electron chi connectivity index (χ3n) is 4.35. The molecule has 4 rings (SSSR count). The quantitative estimate of drug-likeness (QED) is 0.749. The molecule has 6 nitrogen and oxygen atoms in total. The maximum Gasteiger partial charge on any atom is 0.257 e. The molecule has 2 aromatic heterocycles. The second-order valence-corrected chi connectivity index (χ2v) is 7.05. The van der Waals surface area contributed by atoms with Crippen LogP contribution >= 0.6 is 11.3 Å². The van der Waals surface area contributed by atoms with Crippen molar-refractivity contribution in [1.29, 1.82) is 0 Å². The highest BCUT2D eigenvalue weighted by atomic mass is 32.1. The van der Waals surface area contributed by atoms with Crippen molar-refractivity contribution in [3.05, 3.63) is 53.5 Å². The first-order valence-corrected chi connectivity index (χ1v) is 9.08. The zero-order valence-corrected chi connectivity index (χ0v) is 14.4. The van der Waals surface area contributed by atoms with Crippen LogP contribution in [0.2, 0.25) is 0 Å². The number of carbonyl (C=O) groups is 1. The number of amides is 1. The van der Waals surface area contributed by atoms with Crippen molar-refractivity contribution in [1.82, 2.24) is 15.3 Å². The van der Waals surface area contributed by atoms with Gasteiger partial charge < -0.3 is 9.73 Å². The predicted octanol–water partition coefficient (Wildman–Crippen LogP) is 3.52. The van der Waals surface area contributed by atoms with E-state index in [0.29, 0.717) is 22.4 Å². The van der Waals surface area contributed by atoms with Crippen molar-refractivity contribution >= 4 is 22.4 Å². The highest BCUT2D eigenvalue weighted by molar-refractivity contribution is 7.15. The van der Waals surface area contributed by atoms with Gasteiger partial charge in [-0.1, -0.05) is 12.1 Å². The van der Waals surface area contributed by atoms with Crippen LogP contribution in [-0.2, 0) is 0 Å². The Morgan fingerprint density at radius 3 is 2.72 bits per heavy atom. The van der Waals surface area contributed by atoms with E-state index in [2.05, 4.69) is 20.6 Å². The summed E-state index contributed by atoms with van der Waals surface area (Å²) in [6, 6.07) is 7.23. The number of carbonyl (C=O) groups excluding carboxylic acids is 1. The largest absolute Gasteiger partial charge is 0.444 e. The van der Waals surface area contributed by atoms with Crippen LogP contribution in [0, 0.1) is 0 Å². The summed E-state index contributed by atoms with van der Waals surface area (Å²) in [7, 11) is 0. The Kier molecular flexibility index (Phi) is 4.58. The van der Waals surface area contributed by atoms with Crippen LogP contribution < -0.4 is 10.6 Å². The van der Waals surface area contributed by atoms with Gasteiger partial charge in [-0.2, -0.15) is 0 Å². The molecule has 7 heteroatoms. The van der Waals surface area contributed by atoms with Gasteiger partial charge in [-0.05, 0) is 44.0 Å². The highest BCUT2D eigenvalue weighted by Crippen LogP contribution is 2.31. The SMILES string of the molecule is O=C(Nc1ncc(C2CCNCC2)s1)c1ccc(-c2cnco2)cc1. The summed E-state index contributed by atoms with van der Waals surface area (Å²) < 4.78 is 5.25. The molecule has 1 saturated heterocycles. The minimum Gasteiger partial charge on any atom is -0.444 e. The standard InChI is InChI=1S/C18H18N4O2S/c23-17(14-3-1-12(2-4-14)15-9-20-11-24-15)22-18-21-10-16(25-18)13-5-7-19-8-6-13/h1-4,9-11,13,19H,5-8H2,(H,21,22,23). The number of nitrogens with zero attached hydrogens (tertiary/aromatic N) is 2. The zero-order valence-electron chi connectivity index (χ0n) is 13.6. The Hall–Kier alpha value is -2.51. The first-order chi connectivity index (χ1) is 12.3. The lowest BCUT2D eigenvalue weighted by Gasteiger charge is -2.20. The van der Waals surface area contributed by atoms with E-state index in [-0.39, 0.29) is 5.91 Å². The summed E-state index contributed by atoms with van der Waals surface area (Å²) in [5.41, 5.74) is 1.47. The van der Waals surface area contributed by atoms with Gasteiger partial charge in [0.25, 0.3) is 5.91 Å². The van der Waals surface area contributed by atoms with E-state index in [4.69, 9.17) is 4.42 Å². The predicted molar refractivity (Wildman–Crippen MR) is 96.9 cm³/mol. The van der Waals surface area contributed by atoms with Crippen LogP contribution in [-0.4, -0.2) is 29.0 Å². The van der Waals surface area contributed by atoms with Gasteiger partial charge in [-0.15, -0.1) is 11.3 Å². The van der Waals surface area contributed by atoms with Crippen molar-refractivity contribution in [2.45, 2.75) is 18.8 Å². The van der Waals surface area contributed by atoms with Crippen molar-refractivity contribution in [2.75, 3.05) is 18.4 Å². The molecule has 0 spiro atoms. The van der Waals surface area contributed by atoms with Gasteiger partial charge in [0.1, 0.15) is 0 Å². The summed E-state index contributed by atoms with van der Waals surface area (Å²) in [5, 5.41) is 6.90. The average Bonchev–Trinajstić information content (AvgIpc) is 3.35. The van der Waals surface area contributed by atoms with Gasteiger partial charge in [0, 0.05) is 22.2 Å². The Balaban J connectivity index is 1.42. The number of anilines is 1. The summed E-state index contributed by atoms with van der Waals surface area (Å²) in [6.45, 7) is 2.09. The molecule has 0 unspecified atom stereocenters. The molecule has 128 valence electrons. The number of aromatic nitrogens is 2. The Morgan fingerprint density at radius 2 is 2.00 bits per heavy atom. The van der Waals surface area contributed by atoms with E-state index >= 15 is 0 Å². The zero-order chi connectivity index (χ0) is 17.1. The molecule has 0 bridgehead atoms. The molecule has 2 N–H and O–H groups in total. The maximum atomic E-state index is 12.4. The van der Waals surface area contributed by atoms with Crippen LogP contribution in [0.1, 0.15) is 34.0 Å². The van der Waals surface area contributed by atoms with E-state index in [0.717, 1.165) is 31.5 Å². The van der Waals surface area contributed by atoms with Gasteiger partial charge >= 0.3 is 0 Å². The highest BCUT2D eigenvalue weighted by Gasteiger charge is 2.18. The summed E-state index contributed by atoms with van der Waals surface area (Å²) in [5.74, 6) is 1.07. The molecule has 1 aliphatic heterocycles. The van der Waals surface area contributed by atoms with E-state index in [1.54, 1.807) is 29.7 Å². The summed E-state index contributed by atoms with van der Waals surface area (Å²) in [6.07, 6.45) is 7.17. The third-order valence-corrected chi connectivity index (χ3v) is 5.42. The lowest BCUT2D eigenvalue weighted by Crippen LogP contribution is -2.26. The molecule has 0 saturated carbocycles. The molecule has 1 fully saturated rings. The van der Waals surface area contributed by atoms with Gasteiger partial charge in [0.15, 0.2) is 17.3 Å². The number of oxazole rings is 1. The topological polar surface area (TPSA) is 80.0 Å². The maximum absolute atomic E-state index is 12.4. The Labute approximate surface area is 149 Å². The van der Waals surface area contributed by atoms with Crippen molar-refractivity contribution < 1.29 is 9.21 Å². The van der Waals surface area contributed by atoms with E-state index < -0.39 is 0 Å². The third kappa shape index (κ3) is 3.62. The molecule has 25 heavy (non-hydrogen) atoms. The smallest absolute Gasteiger partial charge is 0.257 e. The minimum atomic E-state index is -0.157. The summed E-state index contributed by atoms with van der Waals surface area (Å²) >= 11 is 1.57. The minimum absolute atomic E-state index is 0.157. The molecule has 0 radical (unpaired) electrons. The van der Waals surface area contributed by atoms with E-state index in [1.807, 2.05) is 18.3 Å². The van der Waals surface area contributed by atoms with Crippen LogP contribution in [0.5, 0.6) is 0 Å². The first kappa shape index (κ1) is 16.0. The number of rotatable bonds is 4. The van der Waals surface area contributed by atoms with Crippen molar-refractivity contribution in [2.24, 2.45) is 0 Å². The average molecular weight is 354 g/mol. The molecule has 0 atom stereocenters. The fourth-order valence-corrected chi connectivity index (χ4v) is 3.93. The van der Waals surface area contributed by atoms with Crippen LogP contribution in [0.4, 0.5) is 5.13 Å². The number of piperidine rings is 1. The number of nitrogens with one attached hydrogen (secondary N) is 2. The second-order valence-electron chi connectivity index (χ2n) is 5.99. The lowest BCUT2D eigenvalue weighted by molar-refractivity contribution is 0.102.